The Morgan fingerprint density at radius 1 is 1.30 bits per heavy atom. The molecule has 2 aliphatic rings. The Morgan fingerprint density at radius 2 is 1.93 bits per heavy atom. The van der Waals surface area contributed by atoms with Gasteiger partial charge in [0, 0.05) is 48.8 Å². The molecule has 0 aromatic heterocycles. The van der Waals surface area contributed by atoms with Crippen LogP contribution < -0.4 is 10.6 Å². The molecular formula is C18H19N3NaO7S. The quantitative estimate of drug-likeness (QED) is 0.337. The molecule has 10 nitrogen and oxygen atoms in total. The molecule has 155 valence electrons. The van der Waals surface area contributed by atoms with Crippen LogP contribution in [0.15, 0.2) is 36.1 Å². The van der Waals surface area contributed by atoms with Crippen molar-refractivity contribution in [1.82, 2.24) is 4.90 Å². The SMILES string of the molecule is CC(=O)N1c2c(ccc(C)c2O)C(=O)N2C=C(C=CC(N)=O)CC2C1S(=O)(=O)O.[Na]. The summed E-state index contributed by atoms with van der Waals surface area (Å²) in [6.45, 7) is 2.60. The third kappa shape index (κ3) is 4.16. The number of rotatable bonds is 3. The van der Waals surface area contributed by atoms with Gasteiger partial charge in [-0.25, -0.2) is 0 Å². The van der Waals surface area contributed by atoms with Crippen LogP contribution >= 0.6 is 0 Å². The molecule has 1 aromatic carbocycles. The van der Waals surface area contributed by atoms with Crippen LogP contribution in [0.3, 0.4) is 0 Å². The van der Waals surface area contributed by atoms with Gasteiger partial charge in [-0.1, -0.05) is 12.1 Å². The van der Waals surface area contributed by atoms with Crippen molar-refractivity contribution < 1.29 is 32.5 Å². The normalized spacial score (nSPS) is 20.9. The molecule has 2 heterocycles. The zero-order valence-electron chi connectivity index (χ0n) is 16.6. The van der Waals surface area contributed by atoms with Gasteiger partial charge in [0.1, 0.15) is 11.4 Å². The van der Waals surface area contributed by atoms with Gasteiger partial charge in [-0.2, -0.15) is 8.42 Å². The summed E-state index contributed by atoms with van der Waals surface area (Å²) in [5, 5.41) is 8.66. The molecule has 3 rings (SSSR count). The standard InChI is InChI=1S/C18H19N3O7S.Na/c1-9-3-5-12-15(16(9)24)21(10(2)22)18(29(26,27)28)13-7-11(4-6-14(19)23)8-20(13)17(12)25;/h3-6,8,13,18,24H,7H2,1-2H3,(H2,19,23)(H,26,27,28);. The summed E-state index contributed by atoms with van der Waals surface area (Å²) in [6.07, 6.45) is 3.64. The third-order valence-corrected chi connectivity index (χ3v) is 5.99. The molecule has 0 spiro atoms. The van der Waals surface area contributed by atoms with Crippen LogP contribution in [-0.2, 0) is 19.7 Å². The number of primary amides is 1. The van der Waals surface area contributed by atoms with Crippen molar-refractivity contribution in [3.63, 3.8) is 0 Å². The number of phenols is 1. The molecule has 2 aliphatic heterocycles. The maximum atomic E-state index is 13.1. The molecule has 3 amide bonds. The van der Waals surface area contributed by atoms with Gasteiger partial charge in [-0.05, 0) is 30.5 Å². The maximum Gasteiger partial charge on any atom is 0.288 e. The van der Waals surface area contributed by atoms with Crippen LogP contribution in [-0.4, -0.2) is 81.7 Å². The second-order valence-corrected chi connectivity index (χ2v) is 8.36. The van der Waals surface area contributed by atoms with E-state index in [9.17, 15) is 32.5 Å². The zero-order valence-corrected chi connectivity index (χ0v) is 19.4. The maximum absolute atomic E-state index is 13.1. The second-order valence-electron chi connectivity index (χ2n) is 6.85. The number of nitrogens with two attached hydrogens (primary N) is 1. The number of phenolic OH excluding ortho intramolecular Hbond substituents is 1. The van der Waals surface area contributed by atoms with E-state index in [-0.39, 0.29) is 47.2 Å². The van der Waals surface area contributed by atoms with Crippen LogP contribution in [0.5, 0.6) is 5.75 Å². The molecule has 1 radical (unpaired) electrons. The zero-order chi connectivity index (χ0) is 21.7. The van der Waals surface area contributed by atoms with Crippen molar-refractivity contribution in [3.8, 4) is 5.75 Å². The van der Waals surface area contributed by atoms with E-state index in [4.69, 9.17) is 5.73 Å². The summed E-state index contributed by atoms with van der Waals surface area (Å²) in [4.78, 5) is 38.4. The molecular weight excluding hydrogens is 425 g/mol. The third-order valence-electron chi connectivity index (χ3n) is 4.86. The first kappa shape index (κ1) is 24.1. The molecule has 2 unspecified atom stereocenters. The van der Waals surface area contributed by atoms with E-state index >= 15 is 0 Å². The van der Waals surface area contributed by atoms with Gasteiger partial charge in [0.05, 0.1) is 11.6 Å². The van der Waals surface area contributed by atoms with Gasteiger partial charge in [0.15, 0.2) is 5.37 Å². The Labute approximate surface area is 195 Å². The number of carbonyl (C=O) groups excluding carboxylic acids is 3. The largest absolute Gasteiger partial charge is 0.505 e. The number of aryl methyl sites for hydroxylation is 1. The Bertz CT molecular complexity index is 1100. The molecule has 2 atom stereocenters. The Balaban J connectivity index is 0.00000320. The average Bonchev–Trinajstić information content (AvgIpc) is 2.98. The molecule has 0 saturated heterocycles. The molecule has 0 fully saturated rings. The van der Waals surface area contributed by atoms with E-state index in [0.29, 0.717) is 11.1 Å². The Kier molecular flexibility index (Phi) is 6.84. The number of allylic oxidation sites excluding steroid dienone is 1. The minimum absolute atomic E-state index is 0. The fourth-order valence-corrected chi connectivity index (χ4v) is 4.76. The molecule has 12 heteroatoms. The average molecular weight is 444 g/mol. The van der Waals surface area contributed by atoms with E-state index in [1.165, 1.54) is 31.3 Å². The van der Waals surface area contributed by atoms with Gasteiger partial charge in [0.2, 0.25) is 11.8 Å². The molecule has 4 N–H and O–H groups in total. The number of hydrogen-bond acceptors (Lipinski definition) is 6. The number of carbonyl (C=O) groups is 3. The number of aromatic hydroxyl groups is 1. The van der Waals surface area contributed by atoms with Crippen molar-refractivity contribution in [2.24, 2.45) is 5.73 Å². The second kappa shape index (κ2) is 8.52. The van der Waals surface area contributed by atoms with Crippen LogP contribution in [0, 0.1) is 6.92 Å². The first-order valence-corrected chi connectivity index (χ1v) is 10.0. The summed E-state index contributed by atoms with van der Waals surface area (Å²) < 4.78 is 34.6. The first-order valence-electron chi connectivity index (χ1n) is 8.53. The van der Waals surface area contributed by atoms with E-state index in [1.54, 1.807) is 0 Å². The minimum Gasteiger partial charge on any atom is -0.505 e. The number of nitrogens with zero attached hydrogens (tertiary/aromatic N) is 2. The van der Waals surface area contributed by atoms with Gasteiger partial charge in [-0.15, -0.1) is 0 Å². The topological polar surface area (TPSA) is 158 Å². The molecule has 0 bridgehead atoms. The molecule has 0 aliphatic carbocycles. The number of amides is 3. The Hall–Kier alpha value is -2.18. The fraction of sp³-hybridized carbons (Fsp3) is 0.278. The number of benzene rings is 1. The molecule has 1 aromatic rings. The first-order chi connectivity index (χ1) is 13.4. The van der Waals surface area contributed by atoms with Crippen molar-refractivity contribution in [1.29, 1.82) is 0 Å². The van der Waals surface area contributed by atoms with E-state index in [1.807, 2.05) is 0 Å². The number of fused-ring (bicyclic) bond motifs is 2. The summed E-state index contributed by atoms with van der Waals surface area (Å²) in [6, 6.07) is 1.65. The van der Waals surface area contributed by atoms with Crippen LogP contribution in [0.1, 0.15) is 29.3 Å². The summed E-state index contributed by atoms with van der Waals surface area (Å²) in [5.41, 5.74) is 5.42. The summed E-state index contributed by atoms with van der Waals surface area (Å²) in [7, 11) is -4.90. The van der Waals surface area contributed by atoms with Crippen molar-refractivity contribution >= 4 is 63.1 Å². The summed E-state index contributed by atoms with van der Waals surface area (Å²) >= 11 is 0. The van der Waals surface area contributed by atoms with Gasteiger partial charge in [0.25, 0.3) is 16.0 Å². The smallest absolute Gasteiger partial charge is 0.288 e. The predicted molar refractivity (Wildman–Crippen MR) is 108 cm³/mol. The number of hydrogen-bond donors (Lipinski definition) is 3. The molecule has 0 saturated carbocycles. The Morgan fingerprint density at radius 3 is 2.47 bits per heavy atom. The summed E-state index contributed by atoms with van der Waals surface area (Å²) in [5.74, 6) is -2.62. The van der Waals surface area contributed by atoms with Crippen molar-refractivity contribution in [2.75, 3.05) is 4.90 Å². The van der Waals surface area contributed by atoms with E-state index < -0.39 is 45.0 Å². The van der Waals surface area contributed by atoms with Crippen molar-refractivity contribution in [2.45, 2.75) is 31.7 Å². The van der Waals surface area contributed by atoms with Crippen molar-refractivity contribution in [3.05, 3.63) is 47.2 Å². The van der Waals surface area contributed by atoms with Gasteiger partial charge >= 0.3 is 0 Å². The van der Waals surface area contributed by atoms with E-state index in [2.05, 4.69) is 0 Å². The molecule has 30 heavy (non-hydrogen) atoms. The monoisotopic (exact) mass is 444 g/mol. The van der Waals surface area contributed by atoms with Crippen LogP contribution in [0.25, 0.3) is 0 Å². The van der Waals surface area contributed by atoms with Crippen LogP contribution in [0.2, 0.25) is 0 Å². The minimum atomic E-state index is -4.90. The van der Waals surface area contributed by atoms with Crippen LogP contribution in [0.4, 0.5) is 5.69 Å². The predicted octanol–water partition coefficient (Wildman–Crippen LogP) is 0.0401. The fourth-order valence-electron chi connectivity index (χ4n) is 3.62. The number of anilines is 1. The van der Waals surface area contributed by atoms with E-state index in [0.717, 1.165) is 22.8 Å². The van der Waals surface area contributed by atoms with Gasteiger partial charge < -0.3 is 15.7 Å². The van der Waals surface area contributed by atoms with Gasteiger partial charge in [-0.3, -0.25) is 23.8 Å².